The van der Waals surface area contributed by atoms with Gasteiger partial charge in [0.05, 0.1) is 0 Å². The molecule has 1 aliphatic rings. The minimum absolute atomic E-state index is 0.0650. The third-order valence-corrected chi connectivity index (χ3v) is 7.15. The lowest BCUT2D eigenvalue weighted by atomic mass is 9.96. The van der Waals surface area contributed by atoms with Crippen molar-refractivity contribution in [3.05, 3.63) is 96.1 Å². The number of carbonyl (C=O) groups is 1. The Kier molecular flexibility index (Phi) is 7.72. The van der Waals surface area contributed by atoms with E-state index in [1.807, 2.05) is 0 Å². The molecule has 5 rings (SSSR count). The summed E-state index contributed by atoms with van der Waals surface area (Å²) in [6.45, 7) is 3.50. The molecule has 1 heterocycles. The van der Waals surface area contributed by atoms with E-state index in [-0.39, 0.29) is 17.9 Å². The maximum Gasteiger partial charge on any atom is 0.223 e. The van der Waals surface area contributed by atoms with Crippen molar-refractivity contribution < 1.29 is 4.79 Å². The van der Waals surface area contributed by atoms with Crippen molar-refractivity contribution in [3.63, 3.8) is 0 Å². The van der Waals surface area contributed by atoms with E-state index in [0.29, 0.717) is 0 Å². The first kappa shape index (κ1) is 23.5. The van der Waals surface area contributed by atoms with E-state index >= 15 is 0 Å². The summed E-state index contributed by atoms with van der Waals surface area (Å²) in [4.78, 5) is 13.0. The monoisotopic (exact) mass is 465 g/mol. The number of rotatable bonds is 9. The highest BCUT2D eigenvalue weighted by molar-refractivity contribution is 5.84. The fourth-order valence-corrected chi connectivity index (χ4v) is 5.13. The maximum atomic E-state index is 13.0. The molecule has 4 nitrogen and oxygen atoms in total. The van der Waals surface area contributed by atoms with Gasteiger partial charge in [0.15, 0.2) is 0 Å². The fraction of sp³-hybridized carbons (Fsp3) is 0.323. The minimum atomic E-state index is 0.0650. The summed E-state index contributed by atoms with van der Waals surface area (Å²) in [5, 5.41) is 15.4. The predicted octanol–water partition coefficient (Wildman–Crippen LogP) is 4.85. The first-order valence-electron chi connectivity index (χ1n) is 12.9. The van der Waals surface area contributed by atoms with Gasteiger partial charge in [0, 0.05) is 18.5 Å². The number of fused-ring (bicyclic) bond motifs is 2. The summed E-state index contributed by atoms with van der Waals surface area (Å²) in [5.74, 6) is 0.321. The fourth-order valence-electron chi connectivity index (χ4n) is 5.13. The van der Waals surface area contributed by atoms with Gasteiger partial charge in [-0.3, -0.25) is 4.79 Å². The van der Waals surface area contributed by atoms with E-state index < -0.39 is 0 Å². The predicted molar refractivity (Wildman–Crippen MR) is 146 cm³/mol. The zero-order chi connectivity index (χ0) is 23.9. The molecule has 1 unspecified atom stereocenters. The van der Waals surface area contributed by atoms with Crippen LogP contribution in [0.15, 0.2) is 84.9 Å². The standard InChI is InChI=1S/C31H35N3O/c35-31(27-14-17-32-18-15-27)34-30(21-24-10-12-26-6-2-4-8-29(26)20-24)22-33-16-13-23-9-11-25-5-1-3-7-28(25)19-23/h1-12,19-20,27,30,32-33H,13-18,21-22H2,(H,34,35). The van der Waals surface area contributed by atoms with Crippen LogP contribution in [0.4, 0.5) is 0 Å². The summed E-state index contributed by atoms with van der Waals surface area (Å²) >= 11 is 0. The zero-order valence-electron chi connectivity index (χ0n) is 20.3. The number of hydrogen-bond donors (Lipinski definition) is 3. The summed E-state index contributed by atoms with van der Waals surface area (Å²) < 4.78 is 0. The second-order valence-corrected chi connectivity index (χ2v) is 9.75. The Labute approximate surface area is 208 Å². The van der Waals surface area contributed by atoms with Crippen molar-refractivity contribution in [1.29, 1.82) is 0 Å². The van der Waals surface area contributed by atoms with Gasteiger partial charge >= 0.3 is 0 Å². The zero-order valence-corrected chi connectivity index (χ0v) is 20.3. The van der Waals surface area contributed by atoms with Crippen LogP contribution < -0.4 is 16.0 Å². The van der Waals surface area contributed by atoms with Crippen molar-refractivity contribution in [2.75, 3.05) is 26.2 Å². The highest BCUT2D eigenvalue weighted by atomic mass is 16.1. The normalized spacial score (nSPS) is 15.3. The summed E-state index contributed by atoms with van der Waals surface area (Å²) in [6, 6.07) is 30.3. The number of amides is 1. The Morgan fingerprint density at radius 1 is 0.800 bits per heavy atom. The van der Waals surface area contributed by atoms with Crippen LogP contribution >= 0.6 is 0 Å². The van der Waals surface area contributed by atoms with Crippen molar-refractivity contribution in [1.82, 2.24) is 16.0 Å². The highest BCUT2D eigenvalue weighted by Gasteiger charge is 2.23. The molecular weight excluding hydrogens is 430 g/mol. The SMILES string of the molecule is O=C(NC(CNCCc1ccc2ccccc2c1)Cc1ccc2ccccc2c1)C1CCNCC1. The summed E-state index contributed by atoms with van der Waals surface area (Å²) in [6.07, 6.45) is 3.63. The smallest absolute Gasteiger partial charge is 0.223 e. The molecular formula is C31H35N3O. The maximum absolute atomic E-state index is 13.0. The Morgan fingerprint density at radius 3 is 2.09 bits per heavy atom. The highest BCUT2D eigenvalue weighted by Crippen LogP contribution is 2.18. The molecule has 0 saturated carbocycles. The van der Waals surface area contributed by atoms with E-state index in [4.69, 9.17) is 0 Å². The molecule has 4 aromatic rings. The van der Waals surface area contributed by atoms with E-state index in [2.05, 4.69) is 101 Å². The largest absolute Gasteiger partial charge is 0.352 e. The second kappa shape index (κ2) is 11.5. The topological polar surface area (TPSA) is 53.2 Å². The molecule has 0 bridgehead atoms. The summed E-state index contributed by atoms with van der Waals surface area (Å²) in [5.41, 5.74) is 2.59. The van der Waals surface area contributed by atoms with Gasteiger partial charge < -0.3 is 16.0 Å². The first-order valence-corrected chi connectivity index (χ1v) is 12.9. The molecule has 3 N–H and O–H groups in total. The lowest BCUT2D eigenvalue weighted by Gasteiger charge is -2.26. The third kappa shape index (κ3) is 6.27. The van der Waals surface area contributed by atoms with Crippen molar-refractivity contribution >= 4 is 27.5 Å². The van der Waals surface area contributed by atoms with Crippen LogP contribution in [0.1, 0.15) is 24.0 Å². The molecule has 0 radical (unpaired) electrons. The molecule has 0 aromatic heterocycles. The van der Waals surface area contributed by atoms with Gasteiger partial charge in [-0.1, -0.05) is 84.9 Å². The quantitative estimate of drug-likeness (QED) is 0.310. The van der Waals surface area contributed by atoms with Crippen LogP contribution in [-0.4, -0.2) is 38.1 Å². The van der Waals surface area contributed by atoms with Crippen molar-refractivity contribution in [2.45, 2.75) is 31.7 Å². The molecule has 1 aliphatic heterocycles. The molecule has 1 fully saturated rings. The number of nitrogens with one attached hydrogen (secondary N) is 3. The molecule has 35 heavy (non-hydrogen) atoms. The third-order valence-electron chi connectivity index (χ3n) is 7.15. The van der Waals surface area contributed by atoms with Crippen LogP contribution in [0.3, 0.4) is 0 Å². The van der Waals surface area contributed by atoms with Crippen molar-refractivity contribution in [2.24, 2.45) is 5.92 Å². The number of piperidine rings is 1. The molecule has 1 saturated heterocycles. The summed E-state index contributed by atoms with van der Waals surface area (Å²) in [7, 11) is 0. The van der Waals surface area contributed by atoms with Gasteiger partial charge in [-0.05, 0) is 78.0 Å². The Bertz CT molecular complexity index is 1280. The Hall–Kier alpha value is -3.21. The molecule has 4 heteroatoms. The van der Waals surface area contributed by atoms with Crippen LogP contribution in [0.5, 0.6) is 0 Å². The number of benzene rings is 4. The average molecular weight is 466 g/mol. The van der Waals surface area contributed by atoms with E-state index in [0.717, 1.165) is 51.9 Å². The van der Waals surface area contributed by atoms with Gasteiger partial charge in [-0.25, -0.2) is 0 Å². The molecule has 1 atom stereocenters. The first-order chi connectivity index (χ1) is 17.2. The van der Waals surface area contributed by atoms with Gasteiger partial charge in [-0.2, -0.15) is 0 Å². The van der Waals surface area contributed by atoms with Crippen LogP contribution in [0.2, 0.25) is 0 Å². The molecule has 0 aliphatic carbocycles. The van der Waals surface area contributed by atoms with Crippen LogP contribution in [0, 0.1) is 5.92 Å². The van der Waals surface area contributed by atoms with Gasteiger partial charge in [0.25, 0.3) is 0 Å². The molecule has 180 valence electrons. The number of hydrogen-bond acceptors (Lipinski definition) is 3. The lowest BCUT2D eigenvalue weighted by Crippen LogP contribution is -2.47. The van der Waals surface area contributed by atoms with Crippen molar-refractivity contribution in [3.8, 4) is 0 Å². The lowest BCUT2D eigenvalue weighted by molar-refractivity contribution is -0.126. The number of carbonyl (C=O) groups excluding carboxylic acids is 1. The van der Waals surface area contributed by atoms with E-state index in [9.17, 15) is 4.79 Å². The average Bonchev–Trinajstić information content (AvgIpc) is 2.91. The molecule has 1 amide bonds. The minimum Gasteiger partial charge on any atom is -0.352 e. The Morgan fingerprint density at radius 2 is 1.40 bits per heavy atom. The van der Waals surface area contributed by atoms with Crippen LogP contribution in [-0.2, 0) is 17.6 Å². The molecule has 4 aromatic carbocycles. The second-order valence-electron chi connectivity index (χ2n) is 9.75. The molecule has 0 spiro atoms. The van der Waals surface area contributed by atoms with Gasteiger partial charge in [0.2, 0.25) is 5.91 Å². The van der Waals surface area contributed by atoms with Gasteiger partial charge in [-0.15, -0.1) is 0 Å². The van der Waals surface area contributed by atoms with Crippen LogP contribution in [0.25, 0.3) is 21.5 Å². The van der Waals surface area contributed by atoms with E-state index in [1.165, 1.54) is 32.7 Å². The Balaban J connectivity index is 1.22. The van der Waals surface area contributed by atoms with E-state index in [1.54, 1.807) is 0 Å². The van der Waals surface area contributed by atoms with Gasteiger partial charge in [0.1, 0.15) is 0 Å².